The van der Waals surface area contributed by atoms with Crippen LogP contribution in [-0.4, -0.2) is 17.3 Å². The van der Waals surface area contributed by atoms with Gasteiger partial charge in [-0.15, -0.1) is 0 Å². The number of nitrogens with two attached hydrogens (primary N) is 1. The lowest BCUT2D eigenvalue weighted by atomic mass is 9.96. The third-order valence-corrected chi connectivity index (χ3v) is 3.09. The molecule has 5 heteroatoms. The van der Waals surface area contributed by atoms with Gasteiger partial charge in [-0.1, -0.05) is 25.4 Å². The van der Waals surface area contributed by atoms with Gasteiger partial charge in [0.05, 0.1) is 13.3 Å². The Morgan fingerprint density at radius 1 is 1.33 bits per heavy atom. The Morgan fingerprint density at radius 3 is 2.56 bits per heavy atom. The van der Waals surface area contributed by atoms with Gasteiger partial charge in [0, 0.05) is 16.1 Å². The number of rotatable bonds is 3. The van der Waals surface area contributed by atoms with Crippen LogP contribution in [0.3, 0.4) is 0 Å². The first-order valence-electron chi connectivity index (χ1n) is 5.71. The van der Waals surface area contributed by atoms with Gasteiger partial charge in [0.15, 0.2) is 0 Å². The molecular formula is C13H16ClN3O. The van der Waals surface area contributed by atoms with Gasteiger partial charge in [-0.3, -0.25) is 5.10 Å². The fourth-order valence-corrected chi connectivity index (χ4v) is 2.21. The smallest absolute Gasteiger partial charge is 0.130 e. The van der Waals surface area contributed by atoms with E-state index in [2.05, 4.69) is 24.0 Å². The number of hydrogen-bond acceptors (Lipinski definition) is 3. The minimum absolute atomic E-state index is 0.311. The van der Waals surface area contributed by atoms with E-state index in [-0.39, 0.29) is 0 Å². The zero-order valence-corrected chi connectivity index (χ0v) is 11.4. The molecule has 0 atom stereocenters. The molecule has 0 saturated heterocycles. The van der Waals surface area contributed by atoms with Gasteiger partial charge in [-0.2, -0.15) is 5.10 Å². The van der Waals surface area contributed by atoms with Crippen LogP contribution in [-0.2, 0) is 0 Å². The topological polar surface area (TPSA) is 63.9 Å². The molecule has 0 amide bonds. The molecule has 0 fully saturated rings. The van der Waals surface area contributed by atoms with E-state index < -0.39 is 0 Å². The Bertz CT molecular complexity index is 563. The molecule has 0 bridgehead atoms. The van der Waals surface area contributed by atoms with Crippen LogP contribution in [0.5, 0.6) is 5.75 Å². The van der Waals surface area contributed by atoms with E-state index in [4.69, 9.17) is 22.1 Å². The third-order valence-electron chi connectivity index (χ3n) is 2.87. The summed E-state index contributed by atoms with van der Waals surface area (Å²) in [7, 11) is 1.65. The Kier molecular flexibility index (Phi) is 3.48. The highest BCUT2D eigenvalue weighted by Crippen LogP contribution is 2.40. The Balaban J connectivity index is 2.70. The molecule has 0 aliphatic rings. The van der Waals surface area contributed by atoms with Crippen LogP contribution in [0.1, 0.15) is 25.3 Å². The van der Waals surface area contributed by atoms with E-state index in [1.807, 2.05) is 12.1 Å². The zero-order valence-electron chi connectivity index (χ0n) is 10.6. The third kappa shape index (κ3) is 2.16. The number of aromatic amines is 1. The number of halogens is 1. The van der Waals surface area contributed by atoms with Crippen LogP contribution >= 0.6 is 11.6 Å². The summed E-state index contributed by atoms with van der Waals surface area (Å²) in [5.41, 5.74) is 8.57. The zero-order chi connectivity index (χ0) is 13.3. The number of methoxy groups -OCH3 is 1. The number of H-pyrrole nitrogens is 1. The first-order valence-corrected chi connectivity index (χ1v) is 6.09. The summed E-state index contributed by atoms with van der Waals surface area (Å²) < 4.78 is 5.52. The summed E-state index contributed by atoms with van der Waals surface area (Å²) in [6.07, 6.45) is 1.67. The van der Waals surface area contributed by atoms with Gasteiger partial charge < -0.3 is 10.5 Å². The lowest BCUT2D eigenvalue weighted by Crippen LogP contribution is -1.98. The summed E-state index contributed by atoms with van der Waals surface area (Å²) in [4.78, 5) is 0. The van der Waals surface area contributed by atoms with Gasteiger partial charge >= 0.3 is 0 Å². The van der Waals surface area contributed by atoms with Gasteiger partial charge in [0.25, 0.3) is 0 Å². The molecule has 0 aliphatic heterocycles. The molecule has 0 spiro atoms. The molecule has 2 aromatic rings. The van der Waals surface area contributed by atoms with E-state index in [0.29, 0.717) is 16.8 Å². The highest BCUT2D eigenvalue weighted by atomic mass is 35.5. The fraction of sp³-hybridized carbons (Fsp3) is 0.308. The van der Waals surface area contributed by atoms with Crippen molar-refractivity contribution in [2.75, 3.05) is 12.8 Å². The van der Waals surface area contributed by atoms with Crippen molar-refractivity contribution in [2.45, 2.75) is 19.8 Å². The van der Waals surface area contributed by atoms with Crippen LogP contribution in [0.4, 0.5) is 5.82 Å². The molecule has 0 saturated carbocycles. The molecule has 0 aliphatic carbocycles. The molecule has 4 nitrogen and oxygen atoms in total. The van der Waals surface area contributed by atoms with Crippen LogP contribution in [0, 0.1) is 0 Å². The predicted molar refractivity (Wildman–Crippen MR) is 74.1 cm³/mol. The van der Waals surface area contributed by atoms with Crippen molar-refractivity contribution < 1.29 is 4.74 Å². The van der Waals surface area contributed by atoms with Gasteiger partial charge in [-0.05, 0) is 23.6 Å². The quantitative estimate of drug-likeness (QED) is 0.893. The summed E-state index contributed by atoms with van der Waals surface area (Å²) >= 11 is 6.17. The summed E-state index contributed by atoms with van der Waals surface area (Å²) in [5.74, 6) is 1.61. The van der Waals surface area contributed by atoms with E-state index in [1.54, 1.807) is 13.3 Å². The van der Waals surface area contributed by atoms with Crippen LogP contribution in [0.2, 0.25) is 5.02 Å². The second kappa shape index (κ2) is 4.90. The molecule has 18 heavy (non-hydrogen) atoms. The molecule has 1 heterocycles. The Labute approximate surface area is 111 Å². The van der Waals surface area contributed by atoms with Gasteiger partial charge in [0.2, 0.25) is 0 Å². The fourth-order valence-electron chi connectivity index (χ4n) is 1.98. The number of hydrogen-bond donors (Lipinski definition) is 2. The number of ether oxygens (including phenoxy) is 1. The summed E-state index contributed by atoms with van der Waals surface area (Å²) in [6, 6.07) is 3.76. The van der Waals surface area contributed by atoms with E-state index in [1.165, 1.54) is 0 Å². The lowest BCUT2D eigenvalue weighted by molar-refractivity contribution is 0.409. The van der Waals surface area contributed by atoms with E-state index in [0.717, 1.165) is 22.4 Å². The molecular weight excluding hydrogens is 250 g/mol. The number of nitrogens with zero attached hydrogens (tertiary/aromatic N) is 1. The molecule has 0 unspecified atom stereocenters. The first kappa shape index (κ1) is 12.8. The average Bonchev–Trinajstić information content (AvgIpc) is 2.74. The number of benzene rings is 1. The molecule has 2 rings (SSSR count). The standard InChI is InChI=1S/C13H16ClN3O/c1-7(2)9-4-8(14)5-10(12(9)18-3)11-6-16-17-13(11)15/h4-7H,1-3H3,(H3,15,16,17). The van der Waals surface area contributed by atoms with Crippen LogP contribution < -0.4 is 10.5 Å². The Morgan fingerprint density at radius 2 is 2.06 bits per heavy atom. The normalized spacial score (nSPS) is 10.9. The minimum atomic E-state index is 0.311. The molecule has 0 radical (unpaired) electrons. The minimum Gasteiger partial charge on any atom is -0.496 e. The second-order valence-electron chi connectivity index (χ2n) is 4.43. The molecule has 1 aromatic carbocycles. The lowest BCUT2D eigenvalue weighted by Gasteiger charge is -2.16. The number of nitrogen functional groups attached to an aromatic ring is 1. The average molecular weight is 266 g/mol. The predicted octanol–water partition coefficient (Wildman–Crippen LogP) is 3.44. The van der Waals surface area contributed by atoms with Crippen molar-refractivity contribution in [2.24, 2.45) is 0 Å². The molecule has 1 aromatic heterocycles. The van der Waals surface area contributed by atoms with Crippen molar-refractivity contribution in [3.8, 4) is 16.9 Å². The van der Waals surface area contributed by atoms with Crippen LogP contribution in [0.25, 0.3) is 11.1 Å². The largest absolute Gasteiger partial charge is 0.496 e. The van der Waals surface area contributed by atoms with E-state index >= 15 is 0 Å². The number of nitrogens with one attached hydrogen (secondary N) is 1. The summed E-state index contributed by atoms with van der Waals surface area (Å²) in [6.45, 7) is 4.19. The first-order chi connectivity index (χ1) is 8.54. The Hall–Kier alpha value is -1.68. The maximum atomic E-state index is 6.17. The second-order valence-corrected chi connectivity index (χ2v) is 4.86. The van der Waals surface area contributed by atoms with Crippen molar-refractivity contribution in [3.05, 3.63) is 28.9 Å². The highest BCUT2D eigenvalue weighted by molar-refractivity contribution is 6.31. The van der Waals surface area contributed by atoms with E-state index in [9.17, 15) is 0 Å². The monoisotopic (exact) mass is 265 g/mol. The van der Waals surface area contributed by atoms with Gasteiger partial charge in [0.1, 0.15) is 11.6 Å². The van der Waals surface area contributed by atoms with Crippen molar-refractivity contribution in [1.82, 2.24) is 10.2 Å². The van der Waals surface area contributed by atoms with Crippen LogP contribution in [0.15, 0.2) is 18.3 Å². The highest BCUT2D eigenvalue weighted by Gasteiger charge is 2.17. The SMILES string of the molecule is COc1c(-c2cn[nH]c2N)cc(Cl)cc1C(C)C. The van der Waals surface area contributed by atoms with Gasteiger partial charge in [-0.25, -0.2) is 0 Å². The maximum absolute atomic E-state index is 6.17. The summed E-state index contributed by atoms with van der Waals surface area (Å²) in [5, 5.41) is 7.31. The van der Waals surface area contributed by atoms with Crippen molar-refractivity contribution in [1.29, 1.82) is 0 Å². The maximum Gasteiger partial charge on any atom is 0.130 e. The number of aromatic nitrogens is 2. The molecule has 3 N–H and O–H groups in total. The van der Waals surface area contributed by atoms with Crippen molar-refractivity contribution in [3.63, 3.8) is 0 Å². The molecule has 96 valence electrons. The number of anilines is 1. The van der Waals surface area contributed by atoms with Crippen molar-refractivity contribution >= 4 is 17.4 Å².